The van der Waals surface area contributed by atoms with E-state index in [1.165, 1.54) is 12.0 Å². The van der Waals surface area contributed by atoms with Crippen LogP contribution in [0.3, 0.4) is 0 Å². The molecule has 1 fully saturated rings. The van der Waals surface area contributed by atoms with Crippen LogP contribution in [0.25, 0.3) is 0 Å². The van der Waals surface area contributed by atoms with Gasteiger partial charge in [0.1, 0.15) is 5.75 Å². The smallest absolute Gasteiger partial charge is 0.327 e. The molecule has 0 unspecified atom stereocenters. The largest absolute Gasteiger partial charge is 0.497 e. The monoisotopic (exact) mass is 305 g/mol. The summed E-state index contributed by atoms with van der Waals surface area (Å²) >= 11 is 0. The van der Waals surface area contributed by atoms with Crippen molar-refractivity contribution in [1.82, 2.24) is 15.8 Å². The number of hydrogen-bond donors (Lipinski definition) is 2. The van der Waals surface area contributed by atoms with Crippen molar-refractivity contribution in [2.75, 3.05) is 20.2 Å². The number of carbonyl (C=O) groups excluding carboxylic acids is 3. The Hall–Kier alpha value is -2.57. The van der Waals surface area contributed by atoms with E-state index in [2.05, 4.69) is 10.9 Å². The molecule has 7 nitrogen and oxygen atoms in total. The van der Waals surface area contributed by atoms with Crippen molar-refractivity contribution in [3.05, 3.63) is 29.8 Å². The van der Waals surface area contributed by atoms with Crippen LogP contribution in [0, 0.1) is 0 Å². The minimum atomic E-state index is -0.830. The summed E-state index contributed by atoms with van der Waals surface area (Å²) in [5, 5.41) is 0. The highest BCUT2D eigenvalue weighted by atomic mass is 16.5. The van der Waals surface area contributed by atoms with Crippen molar-refractivity contribution in [2.24, 2.45) is 0 Å². The van der Waals surface area contributed by atoms with E-state index in [0.29, 0.717) is 24.4 Å². The Morgan fingerprint density at radius 2 is 1.64 bits per heavy atom. The predicted molar refractivity (Wildman–Crippen MR) is 79.0 cm³/mol. The highest BCUT2D eigenvalue weighted by Crippen LogP contribution is 2.11. The second kappa shape index (κ2) is 7.44. The molecule has 0 bridgehead atoms. The SMILES string of the molecule is COc1ccc(C(=O)NNC(=O)C(=O)N2CCCCC2)cc1. The van der Waals surface area contributed by atoms with E-state index < -0.39 is 17.7 Å². The van der Waals surface area contributed by atoms with Crippen LogP contribution < -0.4 is 15.6 Å². The fourth-order valence-corrected chi connectivity index (χ4v) is 2.22. The van der Waals surface area contributed by atoms with Crippen LogP contribution in [0.1, 0.15) is 29.6 Å². The number of methoxy groups -OCH3 is 1. The summed E-state index contributed by atoms with van der Waals surface area (Å²) in [4.78, 5) is 37.0. The van der Waals surface area contributed by atoms with Gasteiger partial charge in [0.15, 0.2) is 0 Å². The van der Waals surface area contributed by atoms with Crippen LogP contribution in [-0.4, -0.2) is 42.8 Å². The third kappa shape index (κ3) is 3.97. The molecule has 1 aromatic rings. The van der Waals surface area contributed by atoms with Gasteiger partial charge >= 0.3 is 11.8 Å². The lowest BCUT2D eigenvalue weighted by atomic mass is 10.1. The standard InChI is InChI=1S/C15H19N3O4/c1-22-12-7-5-11(6-8-12)13(19)16-17-14(20)15(21)18-9-3-2-4-10-18/h5-8H,2-4,9-10H2,1H3,(H,16,19)(H,17,20). The molecule has 1 aliphatic heterocycles. The molecule has 0 radical (unpaired) electrons. The number of amides is 3. The maximum atomic E-state index is 11.9. The Bertz CT molecular complexity index is 550. The Morgan fingerprint density at radius 3 is 2.23 bits per heavy atom. The van der Waals surface area contributed by atoms with Gasteiger partial charge in [-0.05, 0) is 43.5 Å². The molecule has 7 heteroatoms. The third-order valence-electron chi connectivity index (χ3n) is 3.48. The number of piperidine rings is 1. The summed E-state index contributed by atoms with van der Waals surface area (Å²) < 4.78 is 4.99. The highest BCUT2D eigenvalue weighted by molar-refractivity contribution is 6.35. The Morgan fingerprint density at radius 1 is 1.00 bits per heavy atom. The number of benzene rings is 1. The Balaban J connectivity index is 1.84. The van der Waals surface area contributed by atoms with E-state index in [0.717, 1.165) is 19.3 Å². The van der Waals surface area contributed by atoms with Gasteiger partial charge in [0, 0.05) is 18.7 Å². The Kier molecular flexibility index (Phi) is 5.35. The minimum absolute atomic E-state index is 0.353. The van der Waals surface area contributed by atoms with Crippen LogP contribution in [0.5, 0.6) is 5.75 Å². The molecule has 0 atom stereocenters. The average Bonchev–Trinajstić information content (AvgIpc) is 2.59. The van der Waals surface area contributed by atoms with Gasteiger partial charge in [-0.15, -0.1) is 0 Å². The van der Waals surface area contributed by atoms with E-state index >= 15 is 0 Å². The summed E-state index contributed by atoms with van der Waals surface area (Å²) in [5.74, 6) is -1.32. The lowest BCUT2D eigenvalue weighted by molar-refractivity contribution is -0.146. The molecule has 3 amide bonds. The lowest BCUT2D eigenvalue weighted by Crippen LogP contribution is -2.50. The summed E-state index contributed by atoms with van der Waals surface area (Å²) in [6.07, 6.45) is 2.87. The molecule has 2 N–H and O–H groups in total. The van der Waals surface area contributed by atoms with Gasteiger partial charge in [-0.3, -0.25) is 25.2 Å². The van der Waals surface area contributed by atoms with Gasteiger partial charge in [-0.1, -0.05) is 0 Å². The summed E-state index contributed by atoms with van der Waals surface area (Å²) in [6.45, 7) is 1.16. The quantitative estimate of drug-likeness (QED) is 0.614. The first-order chi connectivity index (χ1) is 10.6. The Labute approximate surface area is 128 Å². The average molecular weight is 305 g/mol. The summed E-state index contributed by atoms with van der Waals surface area (Å²) in [5.41, 5.74) is 4.73. The molecule has 0 spiro atoms. The maximum absolute atomic E-state index is 11.9. The zero-order chi connectivity index (χ0) is 15.9. The summed E-state index contributed by atoms with van der Waals surface area (Å²) in [6, 6.07) is 6.39. The lowest BCUT2D eigenvalue weighted by Gasteiger charge is -2.25. The molecule has 0 aromatic heterocycles. The molecular formula is C15H19N3O4. The van der Waals surface area contributed by atoms with Crippen LogP contribution >= 0.6 is 0 Å². The molecule has 1 saturated heterocycles. The van der Waals surface area contributed by atoms with Crippen LogP contribution in [0.2, 0.25) is 0 Å². The molecule has 1 aliphatic rings. The molecule has 0 saturated carbocycles. The number of nitrogens with zero attached hydrogens (tertiary/aromatic N) is 1. The van der Waals surface area contributed by atoms with Crippen LogP contribution in [0.4, 0.5) is 0 Å². The van der Waals surface area contributed by atoms with Crippen molar-refractivity contribution in [3.63, 3.8) is 0 Å². The fraction of sp³-hybridized carbons (Fsp3) is 0.400. The number of likely N-dealkylation sites (tertiary alicyclic amines) is 1. The molecule has 1 aromatic carbocycles. The fourth-order valence-electron chi connectivity index (χ4n) is 2.22. The molecule has 22 heavy (non-hydrogen) atoms. The van der Waals surface area contributed by atoms with E-state index in [1.54, 1.807) is 24.3 Å². The van der Waals surface area contributed by atoms with Gasteiger partial charge in [-0.2, -0.15) is 0 Å². The van der Waals surface area contributed by atoms with Gasteiger partial charge in [0.25, 0.3) is 5.91 Å². The molecule has 2 rings (SSSR count). The van der Waals surface area contributed by atoms with Gasteiger partial charge < -0.3 is 9.64 Å². The van der Waals surface area contributed by atoms with Gasteiger partial charge in [0.2, 0.25) is 0 Å². The maximum Gasteiger partial charge on any atom is 0.327 e. The molecule has 1 heterocycles. The first kappa shape index (κ1) is 15.8. The summed E-state index contributed by atoms with van der Waals surface area (Å²) in [7, 11) is 1.53. The second-order valence-corrected chi connectivity index (χ2v) is 4.99. The normalized spacial score (nSPS) is 14.1. The molecule has 0 aliphatic carbocycles. The molecular weight excluding hydrogens is 286 g/mol. The van der Waals surface area contributed by atoms with Crippen molar-refractivity contribution < 1.29 is 19.1 Å². The predicted octanol–water partition coefficient (Wildman–Crippen LogP) is 0.469. The minimum Gasteiger partial charge on any atom is -0.497 e. The van der Waals surface area contributed by atoms with Gasteiger partial charge in [-0.25, -0.2) is 0 Å². The number of rotatable bonds is 2. The zero-order valence-electron chi connectivity index (χ0n) is 12.4. The van der Waals surface area contributed by atoms with Gasteiger partial charge in [0.05, 0.1) is 7.11 Å². The zero-order valence-corrected chi connectivity index (χ0v) is 12.4. The first-order valence-electron chi connectivity index (χ1n) is 7.15. The van der Waals surface area contributed by atoms with E-state index in [-0.39, 0.29) is 0 Å². The van der Waals surface area contributed by atoms with Crippen molar-refractivity contribution in [3.8, 4) is 5.75 Å². The second-order valence-electron chi connectivity index (χ2n) is 4.99. The van der Waals surface area contributed by atoms with Crippen LogP contribution in [-0.2, 0) is 9.59 Å². The molecule has 118 valence electrons. The van der Waals surface area contributed by atoms with Crippen molar-refractivity contribution >= 4 is 17.7 Å². The van der Waals surface area contributed by atoms with Crippen LogP contribution in [0.15, 0.2) is 24.3 Å². The number of hydrazine groups is 1. The number of nitrogens with one attached hydrogen (secondary N) is 2. The van der Waals surface area contributed by atoms with E-state index in [4.69, 9.17) is 4.74 Å². The number of hydrogen-bond acceptors (Lipinski definition) is 4. The topological polar surface area (TPSA) is 87.7 Å². The number of ether oxygens (including phenoxy) is 1. The van der Waals surface area contributed by atoms with Crippen molar-refractivity contribution in [1.29, 1.82) is 0 Å². The van der Waals surface area contributed by atoms with E-state index in [1.807, 2.05) is 0 Å². The highest BCUT2D eigenvalue weighted by Gasteiger charge is 2.23. The third-order valence-corrected chi connectivity index (χ3v) is 3.48. The first-order valence-corrected chi connectivity index (χ1v) is 7.15. The van der Waals surface area contributed by atoms with E-state index in [9.17, 15) is 14.4 Å². The number of carbonyl (C=O) groups is 3. The van der Waals surface area contributed by atoms with Crippen molar-refractivity contribution in [2.45, 2.75) is 19.3 Å².